The highest BCUT2D eigenvalue weighted by Crippen LogP contribution is 2.35. The first-order valence-electron chi connectivity index (χ1n) is 8.72. The number of carbonyl (C=O) groups excluding carboxylic acids is 2. The Hall–Kier alpha value is -3.67. The minimum absolute atomic E-state index is 0.142. The summed E-state index contributed by atoms with van der Waals surface area (Å²) >= 11 is 0.350. The molecule has 12 heteroatoms. The third kappa shape index (κ3) is 5.48. The van der Waals surface area contributed by atoms with Crippen LogP contribution in [0.3, 0.4) is 0 Å². The summed E-state index contributed by atoms with van der Waals surface area (Å²) in [5.74, 6) is -1.43. The summed E-state index contributed by atoms with van der Waals surface area (Å²) in [5.41, 5.74) is 1.54. The van der Waals surface area contributed by atoms with Gasteiger partial charge in [-0.25, -0.2) is 9.97 Å². The number of amides is 2. The van der Waals surface area contributed by atoms with E-state index < -0.39 is 28.8 Å². The van der Waals surface area contributed by atoms with E-state index in [1.807, 2.05) is 0 Å². The molecule has 0 unspecified atom stereocenters. The number of nitrogens with zero attached hydrogens (tertiary/aromatic N) is 4. The van der Waals surface area contributed by atoms with E-state index in [0.717, 1.165) is 6.08 Å². The summed E-state index contributed by atoms with van der Waals surface area (Å²) in [6, 6.07) is 1.67. The minimum Gasteiger partial charge on any atom is -0.306 e. The van der Waals surface area contributed by atoms with Crippen molar-refractivity contribution in [3.8, 4) is 11.3 Å². The zero-order valence-corrected chi connectivity index (χ0v) is 16.8. The number of hydrogen-bond donors (Lipinski definition) is 2. The van der Waals surface area contributed by atoms with Gasteiger partial charge in [-0.15, -0.1) is 0 Å². The van der Waals surface area contributed by atoms with E-state index in [2.05, 4.69) is 37.1 Å². The number of hydrogen-bond acceptors (Lipinski definition) is 7. The third-order valence-electron chi connectivity index (χ3n) is 4.05. The first kappa shape index (κ1) is 22.0. The van der Waals surface area contributed by atoms with E-state index in [1.54, 1.807) is 13.0 Å². The van der Waals surface area contributed by atoms with Gasteiger partial charge in [-0.3, -0.25) is 19.6 Å². The molecule has 3 aromatic heterocycles. The minimum atomic E-state index is -4.52. The number of anilines is 2. The topological polar surface area (TPSA) is 110 Å². The summed E-state index contributed by atoms with van der Waals surface area (Å²) in [6.07, 6.45) is 3.05. The quantitative estimate of drug-likeness (QED) is 0.554. The summed E-state index contributed by atoms with van der Waals surface area (Å²) in [4.78, 5) is 38.9. The molecule has 3 rings (SSSR count). The van der Waals surface area contributed by atoms with Crippen molar-refractivity contribution in [2.24, 2.45) is 0 Å². The molecule has 0 spiro atoms. The Kier molecular flexibility index (Phi) is 6.39. The highest BCUT2D eigenvalue weighted by Gasteiger charge is 2.33. The molecule has 0 aliphatic carbocycles. The molecule has 0 saturated carbocycles. The highest BCUT2D eigenvalue weighted by molar-refractivity contribution is 7.15. The first-order valence-corrected chi connectivity index (χ1v) is 9.53. The standard InChI is InChI=1S/C19H15F3N6O2S/c1-3-16(29)27-15-9-24-13(7-25-15)12-4-11(5-23-6-12)10(2)17(30)28-18-26-8-14(31-18)19(20,21)22/h3-10H,1H2,2H3,(H,25,27,29)(H,26,28,30)/t10-/m0/s1. The van der Waals surface area contributed by atoms with E-state index in [9.17, 15) is 22.8 Å². The zero-order valence-electron chi connectivity index (χ0n) is 16.0. The predicted octanol–water partition coefficient (Wildman–Crippen LogP) is 3.88. The molecule has 0 radical (unpaired) electrons. The summed E-state index contributed by atoms with van der Waals surface area (Å²) in [7, 11) is 0. The average molecular weight is 448 g/mol. The van der Waals surface area contributed by atoms with Crippen LogP contribution in [0.25, 0.3) is 11.3 Å². The van der Waals surface area contributed by atoms with Gasteiger partial charge in [0.1, 0.15) is 4.88 Å². The van der Waals surface area contributed by atoms with E-state index in [0.29, 0.717) is 34.4 Å². The van der Waals surface area contributed by atoms with Gasteiger partial charge in [0, 0.05) is 18.0 Å². The van der Waals surface area contributed by atoms with E-state index in [-0.39, 0.29) is 10.9 Å². The second-order valence-corrected chi connectivity index (χ2v) is 7.26. The fourth-order valence-electron chi connectivity index (χ4n) is 2.38. The van der Waals surface area contributed by atoms with Gasteiger partial charge in [-0.2, -0.15) is 13.2 Å². The summed E-state index contributed by atoms with van der Waals surface area (Å²) in [5, 5.41) is 4.72. The van der Waals surface area contributed by atoms with Crippen LogP contribution in [0.15, 0.2) is 49.7 Å². The Labute approximate surface area is 178 Å². The maximum absolute atomic E-state index is 12.7. The molecule has 0 aliphatic rings. The second kappa shape index (κ2) is 9.00. The molecule has 8 nitrogen and oxygen atoms in total. The van der Waals surface area contributed by atoms with Crippen LogP contribution < -0.4 is 10.6 Å². The zero-order chi connectivity index (χ0) is 22.6. The Balaban J connectivity index is 1.73. The molecule has 3 heterocycles. The van der Waals surface area contributed by atoms with Gasteiger partial charge in [0.2, 0.25) is 11.8 Å². The Morgan fingerprint density at radius 3 is 2.48 bits per heavy atom. The van der Waals surface area contributed by atoms with Crippen LogP contribution in [-0.4, -0.2) is 31.8 Å². The molecular weight excluding hydrogens is 433 g/mol. The molecule has 0 aliphatic heterocycles. The molecule has 0 aromatic carbocycles. The van der Waals surface area contributed by atoms with Crippen LogP contribution >= 0.6 is 11.3 Å². The third-order valence-corrected chi connectivity index (χ3v) is 5.01. The lowest BCUT2D eigenvalue weighted by Gasteiger charge is -2.12. The van der Waals surface area contributed by atoms with E-state index in [1.165, 1.54) is 24.8 Å². The van der Waals surface area contributed by atoms with Gasteiger partial charge < -0.3 is 10.6 Å². The number of carbonyl (C=O) groups is 2. The smallest absolute Gasteiger partial charge is 0.306 e. The van der Waals surface area contributed by atoms with Crippen LogP contribution in [0.1, 0.15) is 23.3 Å². The van der Waals surface area contributed by atoms with Crippen molar-refractivity contribution in [3.63, 3.8) is 0 Å². The number of rotatable bonds is 6. The fraction of sp³-hybridized carbons (Fsp3) is 0.158. The van der Waals surface area contributed by atoms with E-state index >= 15 is 0 Å². The number of nitrogens with one attached hydrogen (secondary N) is 2. The molecule has 3 aromatic rings. The molecule has 31 heavy (non-hydrogen) atoms. The van der Waals surface area contributed by atoms with Gasteiger partial charge in [-0.05, 0) is 24.6 Å². The monoisotopic (exact) mass is 448 g/mol. The average Bonchev–Trinajstić information content (AvgIpc) is 3.23. The lowest BCUT2D eigenvalue weighted by atomic mass is 10.0. The number of alkyl halides is 3. The number of pyridine rings is 1. The largest absolute Gasteiger partial charge is 0.427 e. The Bertz CT molecular complexity index is 1110. The SMILES string of the molecule is C=CC(=O)Nc1cnc(-c2cncc([C@H](C)C(=O)Nc3ncc(C(F)(F)F)s3)c2)cn1. The molecule has 160 valence electrons. The second-order valence-electron chi connectivity index (χ2n) is 6.23. The van der Waals surface area contributed by atoms with Crippen LogP contribution in [-0.2, 0) is 15.8 Å². The van der Waals surface area contributed by atoms with Gasteiger partial charge in [0.25, 0.3) is 0 Å². The van der Waals surface area contributed by atoms with Crippen molar-refractivity contribution in [3.05, 3.63) is 60.1 Å². The van der Waals surface area contributed by atoms with Crippen molar-refractivity contribution in [2.45, 2.75) is 19.0 Å². The van der Waals surface area contributed by atoms with Crippen molar-refractivity contribution in [1.29, 1.82) is 0 Å². The Morgan fingerprint density at radius 2 is 1.87 bits per heavy atom. The van der Waals surface area contributed by atoms with Crippen molar-refractivity contribution in [2.75, 3.05) is 10.6 Å². The molecular formula is C19H15F3N6O2S. The van der Waals surface area contributed by atoms with Crippen LogP contribution in [0.5, 0.6) is 0 Å². The number of aromatic nitrogens is 4. The highest BCUT2D eigenvalue weighted by atomic mass is 32.1. The van der Waals surface area contributed by atoms with Gasteiger partial charge in [0.15, 0.2) is 10.9 Å². The van der Waals surface area contributed by atoms with E-state index in [4.69, 9.17) is 0 Å². The van der Waals surface area contributed by atoms with Gasteiger partial charge in [0.05, 0.1) is 30.2 Å². The van der Waals surface area contributed by atoms with Crippen LogP contribution in [0.2, 0.25) is 0 Å². The predicted molar refractivity (Wildman–Crippen MR) is 108 cm³/mol. The maximum Gasteiger partial charge on any atom is 0.427 e. The molecule has 0 fully saturated rings. The summed E-state index contributed by atoms with van der Waals surface area (Å²) in [6.45, 7) is 4.94. The van der Waals surface area contributed by atoms with Crippen LogP contribution in [0.4, 0.5) is 24.1 Å². The lowest BCUT2D eigenvalue weighted by molar-refractivity contribution is -0.134. The van der Waals surface area contributed by atoms with Crippen molar-refractivity contribution >= 4 is 34.1 Å². The van der Waals surface area contributed by atoms with Crippen LogP contribution in [0, 0.1) is 0 Å². The number of thiazole rings is 1. The van der Waals surface area contributed by atoms with Gasteiger partial charge >= 0.3 is 6.18 Å². The molecule has 1 atom stereocenters. The lowest BCUT2D eigenvalue weighted by Crippen LogP contribution is -2.19. The fourth-order valence-corrected chi connectivity index (χ4v) is 3.07. The summed E-state index contributed by atoms with van der Waals surface area (Å²) < 4.78 is 38.1. The van der Waals surface area contributed by atoms with Crippen molar-refractivity contribution < 1.29 is 22.8 Å². The Morgan fingerprint density at radius 1 is 1.10 bits per heavy atom. The molecule has 0 bridgehead atoms. The number of halogens is 3. The molecule has 0 saturated heterocycles. The molecule has 2 amide bonds. The van der Waals surface area contributed by atoms with Crippen molar-refractivity contribution in [1.82, 2.24) is 19.9 Å². The first-order chi connectivity index (χ1) is 14.7. The normalized spacial score (nSPS) is 12.1. The maximum atomic E-state index is 12.7. The molecule has 2 N–H and O–H groups in total. The van der Waals surface area contributed by atoms with Gasteiger partial charge in [-0.1, -0.05) is 17.9 Å².